The van der Waals surface area contributed by atoms with Crippen LogP contribution in [0.3, 0.4) is 0 Å². The highest BCUT2D eigenvalue weighted by Gasteiger charge is 2.21. The van der Waals surface area contributed by atoms with Crippen molar-refractivity contribution in [3.8, 4) is 0 Å². The van der Waals surface area contributed by atoms with Crippen LogP contribution in [0.4, 0.5) is 11.4 Å². The van der Waals surface area contributed by atoms with E-state index in [-0.39, 0.29) is 5.69 Å². The summed E-state index contributed by atoms with van der Waals surface area (Å²) in [6.45, 7) is 2.23. The van der Waals surface area contributed by atoms with Gasteiger partial charge in [-0.3, -0.25) is 10.1 Å². The summed E-state index contributed by atoms with van der Waals surface area (Å²) >= 11 is 5.29. The Morgan fingerprint density at radius 1 is 1.40 bits per heavy atom. The normalized spacial score (nSPS) is 22.1. The van der Waals surface area contributed by atoms with Gasteiger partial charge in [0, 0.05) is 23.9 Å². The maximum Gasteiger partial charge on any atom is 0.271 e. The Bertz CT molecular complexity index is 507. The van der Waals surface area contributed by atoms with Gasteiger partial charge in [0.1, 0.15) is 0 Å². The number of rotatable bonds is 3. The summed E-state index contributed by atoms with van der Waals surface area (Å²) in [7, 11) is 0. The summed E-state index contributed by atoms with van der Waals surface area (Å²) in [4.78, 5) is 10.3. The standard InChI is InChI=1S/C14H19N3O2S/c1-10-5-2-3-8-13(10)16-14(20)15-11-6-4-7-12(9-11)17(18)19/h4,6-7,9-10,13H,2-3,5,8H2,1H3,(H2,15,16,20)/t10-,13-/m0/s1. The molecule has 0 unspecified atom stereocenters. The fraction of sp³-hybridized carbons (Fsp3) is 0.500. The minimum atomic E-state index is -0.412. The number of non-ortho nitro benzene ring substituents is 1. The molecule has 1 aromatic rings. The highest BCUT2D eigenvalue weighted by molar-refractivity contribution is 7.80. The first-order valence-corrected chi connectivity index (χ1v) is 7.29. The van der Waals surface area contributed by atoms with Gasteiger partial charge >= 0.3 is 0 Å². The smallest absolute Gasteiger partial charge is 0.271 e. The minimum Gasteiger partial charge on any atom is -0.359 e. The van der Waals surface area contributed by atoms with E-state index in [4.69, 9.17) is 12.2 Å². The number of nitro benzene ring substituents is 1. The molecule has 0 amide bonds. The van der Waals surface area contributed by atoms with Crippen LogP contribution in [0.5, 0.6) is 0 Å². The lowest BCUT2D eigenvalue weighted by Crippen LogP contribution is -2.43. The molecule has 5 nitrogen and oxygen atoms in total. The number of nitro groups is 1. The third-order valence-corrected chi connectivity index (χ3v) is 3.96. The quantitative estimate of drug-likeness (QED) is 0.507. The monoisotopic (exact) mass is 293 g/mol. The van der Waals surface area contributed by atoms with Gasteiger partial charge in [0.25, 0.3) is 5.69 Å². The van der Waals surface area contributed by atoms with Gasteiger partial charge in [0.05, 0.1) is 4.92 Å². The van der Waals surface area contributed by atoms with Gasteiger partial charge in [0.15, 0.2) is 5.11 Å². The highest BCUT2D eigenvalue weighted by Crippen LogP contribution is 2.24. The fourth-order valence-corrected chi connectivity index (χ4v) is 2.83. The maximum absolute atomic E-state index is 10.7. The van der Waals surface area contributed by atoms with Crippen molar-refractivity contribution >= 4 is 28.7 Å². The molecule has 0 bridgehead atoms. The van der Waals surface area contributed by atoms with Gasteiger partial charge in [-0.1, -0.05) is 25.8 Å². The van der Waals surface area contributed by atoms with Crippen molar-refractivity contribution in [2.45, 2.75) is 38.6 Å². The first-order chi connectivity index (χ1) is 9.56. The summed E-state index contributed by atoms with van der Waals surface area (Å²) < 4.78 is 0. The zero-order valence-electron chi connectivity index (χ0n) is 11.5. The van der Waals surface area contributed by atoms with Crippen LogP contribution in [0, 0.1) is 16.0 Å². The molecule has 1 aromatic carbocycles. The molecule has 6 heteroatoms. The van der Waals surface area contributed by atoms with Crippen molar-refractivity contribution in [2.24, 2.45) is 5.92 Å². The van der Waals surface area contributed by atoms with Crippen LogP contribution in [0.25, 0.3) is 0 Å². The number of hydrogen-bond acceptors (Lipinski definition) is 3. The summed E-state index contributed by atoms with van der Waals surface area (Å²) in [6, 6.07) is 6.75. The van der Waals surface area contributed by atoms with Crippen molar-refractivity contribution in [3.05, 3.63) is 34.4 Å². The van der Waals surface area contributed by atoms with Gasteiger partial charge in [0.2, 0.25) is 0 Å². The van der Waals surface area contributed by atoms with E-state index in [0.29, 0.717) is 22.8 Å². The summed E-state index contributed by atoms with van der Waals surface area (Å²) in [5, 5.41) is 17.6. The number of nitrogens with zero attached hydrogens (tertiary/aromatic N) is 1. The average molecular weight is 293 g/mol. The van der Waals surface area contributed by atoms with Crippen LogP contribution >= 0.6 is 12.2 Å². The lowest BCUT2D eigenvalue weighted by molar-refractivity contribution is -0.384. The predicted molar refractivity (Wildman–Crippen MR) is 83.9 cm³/mol. The predicted octanol–water partition coefficient (Wildman–Crippen LogP) is 3.46. The Morgan fingerprint density at radius 2 is 2.15 bits per heavy atom. The molecule has 0 saturated heterocycles. The van der Waals surface area contributed by atoms with E-state index in [1.807, 2.05) is 0 Å². The van der Waals surface area contributed by atoms with E-state index in [1.54, 1.807) is 12.1 Å². The topological polar surface area (TPSA) is 67.2 Å². The number of benzene rings is 1. The third-order valence-electron chi connectivity index (χ3n) is 3.74. The lowest BCUT2D eigenvalue weighted by Gasteiger charge is -2.30. The first-order valence-electron chi connectivity index (χ1n) is 6.88. The Kier molecular flexibility index (Phi) is 4.89. The molecule has 108 valence electrons. The van der Waals surface area contributed by atoms with Gasteiger partial charge in [-0.15, -0.1) is 0 Å². The second-order valence-corrected chi connectivity index (χ2v) is 5.68. The van der Waals surface area contributed by atoms with Crippen LogP contribution in [0.1, 0.15) is 32.6 Å². The van der Waals surface area contributed by atoms with Crippen LogP contribution in [0.2, 0.25) is 0 Å². The maximum atomic E-state index is 10.7. The molecule has 1 saturated carbocycles. The third kappa shape index (κ3) is 3.90. The zero-order valence-corrected chi connectivity index (χ0v) is 12.3. The molecule has 0 heterocycles. The number of hydrogen-bond donors (Lipinski definition) is 2. The second kappa shape index (κ2) is 6.65. The van der Waals surface area contributed by atoms with E-state index >= 15 is 0 Å². The Balaban J connectivity index is 1.94. The minimum absolute atomic E-state index is 0.0591. The molecule has 2 atom stereocenters. The molecular weight excluding hydrogens is 274 g/mol. The summed E-state index contributed by atoms with van der Waals surface area (Å²) in [6.07, 6.45) is 4.85. The zero-order chi connectivity index (χ0) is 14.5. The molecule has 2 N–H and O–H groups in total. The molecule has 1 aliphatic rings. The van der Waals surface area contributed by atoms with E-state index in [1.165, 1.54) is 31.4 Å². The van der Waals surface area contributed by atoms with Crippen molar-refractivity contribution in [3.63, 3.8) is 0 Å². The van der Waals surface area contributed by atoms with Crippen molar-refractivity contribution in [1.82, 2.24) is 5.32 Å². The van der Waals surface area contributed by atoms with Crippen LogP contribution < -0.4 is 10.6 Å². The van der Waals surface area contributed by atoms with Crippen molar-refractivity contribution in [1.29, 1.82) is 0 Å². The summed E-state index contributed by atoms with van der Waals surface area (Å²) in [5.74, 6) is 0.605. The molecule has 0 spiro atoms. The SMILES string of the molecule is C[C@H]1CCCC[C@@H]1NC(=S)Nc1cccc([N+](=O)[O-])c1. The van der Waals surface area contributed by atoms with Crippen LogP contribution in [0.15, 0.2) is 24.3 Å². The van der Waals surface area contributed by atoms with Crippen LogP contribution in [-0.2, 0) is 0 Å². The molecule has 1 aliphatic carbocycles. The van der Waals surface area contributed by atoms with Crippen LogP contribution in [-0.4, -0.2) is 16.1 Å². The molecule has 20 heavy (non-hydrogen) atoms. The molecule has 0 aliphatic heterocycles. The highest BCUT2D eigenvalue weighted by atomic mass is 32.1. The largest absolute Gasteiger partial charge is 0.359 e. The molecule has 2 rings (SSSR count). The lowest BCUT2D eigenvalue weighted by atomic mass is 9.86. The molecule has 0 radical (unpaired) electrons. The molecule has 0 aromatic heterocycles. The van der Waals surface area contributed by atoms with Gasteiger partial charge in [-0.05, 0) is 37.0 Å². The number of anilines is 1. The Labute approximate surface area is 123 Å². The average Bonchev–Trinajstić information content (AvgIpc) is 2.41. The van der Waals surface area contributed by atoms with E-state index in [2.05, 4.69) is 17.6 Å². The number of thiocarbonyl (C=S) groups is 1. The first kappa shape index (κ1) is 14.7. The van der Waals surface area contributed by atoms with Gasteiger partial charge in [-0.25, -0.2) is 0 Å². The second-order valence-electron chi connectivity index (χ2n) is 5.27. The van der Waals surface area contributed by atoms with E-state index < -0.39 is 4.92 Å². The van der Waals surface area contributed by atoms with Crippen molar-refractivity contribution in [2.75, 3.05) is 5.32 Å². The molecular formula is C14H19N3O2S. The number of nitrogens with one attached hydrogen (secondary N) is 2. The van der Waals surface area contributed by atoms with Crippen molar-refractivity contribution < 1.29 is 4.92 Å². The molecule has 1 fully saturated rings. The van der Waals surface area contributed by atoms with Gasteiger partial charge < -0.3 is 10.6 Å². The Morgan fingerprint density at radius 3 is 2.85 bits per heavy atom. The fourth-order valence-electron chi connectivity index (χ4n) is 2.56. The van der Waals surface area contributed by atoms with E-state index in [0.717, 1.165) is 6.42 Å². The summed E-state index contributed by atoms with van der Waals surface area (Å²) in [5.41, 5.74) is 0.698. The van der Waals surface area contributed by atoms with Gasteiger partial charge in [-0.2, -0.15) is 0 Å². The van der Waals surface area contributed by atoms with E-state index in [9.17, 15) is 10.1 Å². The Hall–Kier alpha value is -1.69.